The molecule has 3 atom stereocenters. The van der Waals surface area contributed by atoms with E-state index in [0.717, 1.165) is 6.42 Å². The van der Waals surface area contributed by atoms with Crippen molar-refractivity contribution in [1.82, 2.24) is 9.80 Å². The average Bonchev–Trinajstić information content (AvgIpc) is 2.93. The predicted molar refractivity (Wildman–Crippen MR) is 75.1 cm³/mol. The molecule has 2 aliphatic heterocycles. The van der Waals surface area contributed by atoms with Crippen LogP contribution < -0.4 is 0 Å². The molecule has 2 amide bonds. The third-order valence-electron chi connectivity index (χ3n) is 3.99. The van der Waals surface area contributed by atoms with Crippen molar-refractivity contribution in [2.45, 2.75) is 32.4 Å². The van der Waals surface area contributed by atoms with Gasteiger partial charge < -0.3 is 24.4 Å². The molecule has 0 aliphatic carbocycles. The van der Waals surface area contributed by atoms with Gasteiger partial charge in [0.1, 0.15) is 5.92 Å². The quantitative estimate of drug-likeness (QED) is 0.824. The van der Waals surface area contributed by atoms with Gasteiger partial charge in [-0.1, -0.05) is 6.92 Å². The lowest BCUT2D eigenvalue weighted by Gasteiger charge is -2.38. The van der Waals surface area contributed by atoms with Crippen LogP contribution in [0.3, 0.4) is 0 Å². The van der Waals surface area contributed by atoms with Crippen molar-refractivity contribution in [1.29, 1.82) is 0 Å². The van der Waals surface area contributed by atoms with Gasteiger partial charge in [-0.15, -0.1) is 0 Å². The first-order valence-corrected chi connectivity index (χ1v) is 7.52. The second-order valence-electron chi connectivity index (χ2n) is 5.65. The number of amides is 2. The Morgan fingerprint density at radius 3 is 2.76 bits per heavy atom. The number of aliphatic carboxylic acids is 1. The number of morpholine rings is 1. The van der Waals surface area contributed by atoms with Crippen molar-refractivity contribution < 1.29 is 24.2 Å². The van der Waals surface area contributed by atoms with Gasteiger partial charge in [-0.25, -0.2) is 4.79 Å². The van der Waals surface area contributed by atoms with E-state index in [1.165, 1.54) is 0 Å². The molecule has 2 rings (SSSR count). The molecule has 7 nitrogen and oxygen atoms in total. The van der Waals surface area contributed by atoms with Crippen LogP contribution in [0, 0.1) is 5.92 Å². The first kappa shape index (κ1) is 16.0. The summed E-state index contributed by atoms with van der Waals surface area (Å²) in [5, 5.41) is 9.28. The number of rotatable bonds is 4. The molecular formula is C14H24N2O5. The maximum Gasteiger partial charge on any atom is 0.320 e. The van der Waals surface area contributed by atoms with Crippen LogP contribution in [0.2, 0.25) is 0 Å². The fourth-order valence-electron chi connectivity index (χ4n) is 2.90. The van der Waals surface area contributed by atoms with Crippen molar-refractivity contribution in [2.24, 2.45) is 5.92 Å². The van der Waals surface area contributed by atoms with E-state index in [-0.39, 0.29) is 24.8 Å². The molecule has 2 fully saturated rings. The zero-order valence-electron chi connectivity index (χ0n) is 12.7. The summed E-state index contributed by atoms with van der Waals surface area (Å²) in [5.41, 5.74) is 0. The summed E-state index contributed by atoms with van der Waals surface area (Å²) in [4.78, 5) is 27.5. The first-order valence-electron chi connectivity index (χ1n) is 7.52. The van der Waals surface area contributed by atoms with Crippen molar-refractivity contribution in [3.8, 4) is 0 Å². The van der Waals surface area contributed by atoms with Gasteiger partial charge in [-0.2, -0.15) is 0 Å². The monoisotopic (exact) mass is 300 g/mol. The Bertz CT molecular complexity index is 390. The zero-order chi connectivity index (χ0) is 15.4. The number of carbonyl (C=O) groups excluding carboxylic acids is 1. The topological polar surface area (TPSA) is 79.3 Å². The highest BCUT2D eigenvalue weighted by Gasteiger charge is 2.41. The zero-order valence-corrected chi connectivity index (χ0v) is 12.7. The van der Waals surface area contributed by atoms with E-state index in [2.05, 4.69) is 0 Å². The molecule has 0 aromatic heterocycles. The molecule has 7 heteroatoms. The maximum absolute atomic E-state index is 12.7. The average molecular weight is 300 g/mol. The molecule has 2 aliphatic rings. The first-order chi connectivity index (χ1) is 10.0. The standard InChI is InChI=1S/C14H24N2O5/c1-3-4-16(12-9-20-8-11(12)13(17)18)14(19)15-5-6-21-10(2)7-15/h10-12H,3-9H2,1-2H3,(H,17,18). The van der Waals surface area contributed by atoms with Gasteiger partial charge in [0.05, 0.1) is 32.0 Å². The van der Waals surface area contributed by atoms with Crippen molar-refractivity contribution >= 4 is 12.0 Å². The Kier molecular flexibility index (Phi) is 5.41. The van der Waals surface area contributed by atoms with Crippen molar-refractivity contribution in [3.63, 3.8) is 0 Å². The van der Waals surface area contributed by atoms with Crippen LogP contribution in [0.1, 0.15) is 20.3 Å². The minimum Gasteiger partial charge on any atom is -0.481 e. The number of carboxylic acid groups (broad SMARTS) is 1. The lowest BCUT2D eigenvalue weighted by Crippen LogP contribution is -2.55. The van der Waals surface area contributed by atoms with E-state index in [9.17, 15) is 14.7 Å². The normalized spacial score (nSPS) is 29.4. The van der Waals surface area contributed by atoms with E-state index >= 15 is 0 Å². The summed E-state index contributed by atoms with van der Waals surface area (Å²) < 4.78 is 10.8. The van der Waals surface area contributed by atoms with Crippen LogP contribution in [0.15, 0.2) is 0 Å². The van der Waals surface area contributed by atoms with Gasteiger partial charge in [-0.3, -0.25) is 4.79 Å². The SMILES string of the molecule is CCCN(C(=O)N1CCOC(C)C1)C1COCC1C(=O)O. The molecule has 21 heavy (non-hydrogen) atoms. The van der Waals surface area contributed by atoms with Crippen LogP contribution in [0.5, 0.6) is 0 Å². The molecule has 0 bridgehead atoms. The minimum atomic E-state index is -0.901. The predicted octanol–water partition coefficient (Wildman–Crippen LogP) is 0.639. The molecule has 1 N–H and O–H groups in total. The largest absolute Gasteiger partial charge is 0.481 e. The van der Waals surface area contributed by atoms with E-state index < -0.39 is 11.9 Å². The Morgan fingerprint density at radius 2 is 2.14 bits per heavy atom. The summed E-state index contributed by atoms with van der Waals surface area (Å²) in [5.74, 6) is -1.54. The number of nitrogens with zero attached hydrogens (tertiary/aromatic N) is 2. The smallest absolute Gasteiger partial charge is 0.320 e. The molecule has 0 spiro atoms. The molecule has 0 aromatic carbocycles. The van der Waals surface area contributed by atoms with E-state index in [1.807, 2.05) is 13.8 Å². The lowest BCUT2D eigenvalue weighted by atomic mass is 10.0. The number of ether oxygens (including phenoxy) is 2. The van der Waals surface area contributed by atoms with Crippen LogP contribution in [-0.2, 0) is 14.3 Å². The Morgan fingerprint density at radius 1 is 1.38 bits per heavy atom. The summed E-state index contributed by atoms with van der Waals surface area (Å²) in [6.07, 6.45) is 0.801. The summed E-state index contributed by atoms with van der Waals surface area (Å²) in [6, 6.07) is -0.484. The van der Waals surface area contributed by atoms with Gasteiger partial charge in [0, 0.05) is 19.6 Å². The summed E-state index contributed by atoms with van der Waals surface area (Å²) in [7, 11) is 0. The highest BCUT2D eigenvalue weighted by Crippen LogP contribution is 2.22. The summed E-state index contributed by atoms with van der Waals surface area (Å²) >= 11 is 0. The third kappa shape index (κ3) is 3.65. The number of hydrogen-bond donors (Lipinski definition) is 1. The molecule has 2 saturated heterocycles. The fraction of sp³-hybridized carbons (Fsp3) is 0.857. The van der Waals surface area contributed by atoms with Crippen LogP contribution in [0.4, 0.5) is 4.79 Å². The van der Waals surface area contributed by atoms with Gasteiger partial charge in [0.15, 0.2) is 0 Å². The van der Waals surface area contributed by atoms with Gasteiger partial charge in [0.2, 0.25) is 0 Å². The Balaban J connectivity index is 2.10. The molecule has 120 valence electrons. The molecule has 0 radical (unpaired) electrons. The number of carbonyl (C=O) groups is 2. The number of carboxylic acids is 1. The van der Waals surface area contributed by atoms with Crippen molar-refractivity contribution in [3.05, 3.63) is 0 Å². The Labute approximate surface area is 124 Å². The molecule has 3 unspecified atom stereocenters. The highest BCUT2D eigenvalue weighted by molar-refractivity contribution is 5.77. The molecular weight excluding hydrogens is 276 g/mol. The van der Waals surface area contributed by atoms with Crippen LogP contribution in [0.25, 0.3) is 0 Å². The highest BCUT2D eigenvalue weighted by atomic mass is 16.5. The van der Waals surface area contributed by atoms with Crippen molar-refractivity contribution in [2.75, 3.05) is 39.5 Å². The molecule has 0 aromatic rings. The van der Waals surface area contributed by atoms with Gasteiger partial charge in [0.25, 0.3) is 0 Å². The number of hydrogen-bond acceptors (Lipinski definition) is 4. The summed E-state index contributed by atoms with van der Waals surface area (Å²) in [6.45, 7) is 6.55. The number of urea groups is 1. The van der Waals surface area contributed by atoms with Crippen LogP contribution in [-0.4, -0.2) is 78.5 Å². The second-order valence-corrected chi connectivity index (χ2v) is 5.65. The van der Waals surface area contributed by atoms with E-state index in [1.54, 1.807) is 9.80 Å². The second kappa shape index (κ2) is 7.09. The molecule has 0 saturated carbocycles. The van der Waals surface area contributed by atoms with E-state index in [4.69, 9.17) is 9.47 Å². The van der Waals surface area contributed by atoms with E-state index in [0.29, 0.717) is 32.8 Å². The maximum atomic E-state index is 12.7. The van der Waals surface area contributed by atoms with Crippen LogP contribution >= 0.6 is 0 Å². The fourth-order valence-corrected chi connectivity index (χ4v) is 2.90. The van der Waals surface area contributed by atoms with Gasteiger partial charge >= 0.3 is 12.0 Å². The third-order valence-corrected chi connectivity index (χ3v) is 3.99. The minimum absolute atomic E-state index is 0.0151. The molecule has 2 heterocycles. The van der Waals surface area contributed by atoms with Gasteiger partial charge in [-0.05, 0) is 13.3 Å². The Hall–Kier alpha value is -1.34. The lowest BCUT2D eigenvalue weighted by molar-refractivity contribution is -0.142.